The Hall–Kier alpha value is -2.87. The number of benzene rings is 1. The fourth-order valence-electron chi connectivity index (χ4n) is 4.25. The molecule has 1 fully saturated rings. The monoisotopic (exact) mass is 411 g/mol. The lowest BCUT2D eigenvalue weighted by Gasteiger charge is -2.45. The normalized spacial score (nSPS) is 20.1. The number of urea groups is 1. The maximum atomic E-state index is 12.7. The van der Waals surface area contributed by atoms with Crippen LogP contribution in [-0.2, 0) is 21.7 Å². The largest absolute Gasteiger partial charge is 0.352 e. The summed E-state index contributed by atoms with van der Waals surface area (Å²) in [5.74, 6) is 0.734. The number of amides is 3. The van der Waals surface area contributed by atoms with Gasteiger partial charge in [-0.05, 0) is 38.5 Å². The van der Waals surface area contributed by atoms with Gasteiger partial charge in [0.15, 0.2) is 6.10 Å². The van der Waals surface area contributed by atoms with Crippen LogP contribution in [0.25, 0.3) is 0 Å². The lowest BCUT2D eigenvalue weighted by molar-refractivity contribution is -0.172. The number of likely N-dealkylation sites (tertiary alicyclic amines) is 1. The summed E-state index contributed by atoms with van der Waals surface area (Å²) in [5.41, 5.74) is 1.23. The molecule has 1 saturated heterocycles. The van der Waals surface area contributed by atoms with E-state index in [1.165, 1.54) is 0 Å². The maximum absolute atomic E-state index is 12.7. The topological polar surface area (TPSA) is 88.5 Å². The summed E-state index contributed by atoms with van der Waals surface area (Å²) < 4.78 is 8.38. The van der Waals surface area contributed by atoms with E-state index in [0.29, 0.717) is 32.5 Å². The number of nitrogens with zero attached hydrogens (tertiary/aromatic N) is 3. The Bertz CT molecular complexity index is 930. The van der Waals surface area contributed by atoms with Crippen LogP contribution in [0.2, 0.25) is 0 Å². The van der Waals surface area contributed by atoms with Crippen LogP contribution in [0.4, 0.5) is 10.5 Å². The van der Waals surface area contributed by atoms with Crippen molar-refractivity contribution in [2.45, 2.75) is 57.9 Å². The molecule has 2 aromatic rings. The number of hydrogen-bond acceptors (Lipinski definition) is 4. The number of carbonyl (C=O) groups is 2. The van der Waals surface area contributed by atoms with Gasteiger partial charge in [0.1, 0.15) is 11.4 Å². The van der Waals surface area contributed by atoms with Gasteiger partial charge in [0.25, 0.3) is 5.91 Å². The number of nitrogens with one attached hydrogen (secondary N) is 2. The van der Waals surface area contributed by atoms with Crippen LogP contribution in [0.3, 0.4) is 0 Å². The summed E-state index contributed by atoms with van der Waals surface area (Å²) in [7, 11) is 0. The SMILES string of the molecule is Cc1cccc(NC(=O)N2CCC3(CC2)OC(C(=O)NC(C)C)Cn2ccnc23)c1. The van der Waals surface area contributed by atoms with Crippen LogP contribution in [0, 0.1) is 6.92 Å². The van der Waals surface area contributed by atoms with Gasteiger partial charge < -0.3 is 24.8 Å². The Morgan fingerprint density at radius 1 is 1.27 bits per heavy atom. The second-order valence-corrected chi connectivity index (χ2v) is 8.45. The number of hydrogen-bond donors (Lipinski definition) is 2. The van der Waals surface area contributed by atoms with Gasteiger partial charge in [-0.3, -0.25) is 4.79 Å². The predicted octanol–water partition coefficient (Wildman–Crippen LogP) is 2.64. The van der Waals surface area contributed by atoms with Crippen LogP contribution in [0.1, 0.15) is 38.1 Å². The molecule has 160 valence electrons. The van der Waals surface area contributed by atoms with E-state index < -0.39 is 11.7 Å². The van der Waals surface area contributed by atoms with Crippen LogP contribution in [0.15, 0.2) is 36.7 Å². The van der Waals surface area contributed by atoms with Crippen molar-refractivity contribution in [2.75, 3.05) is 18.4 Å². The molecule has 2 aliphatic heterocycles. The Morgan fingerprint density at radius 2 is 2.03 bits per heavy atom. The molecule has 0 radical (unpaired) electrons. The molecule has 30 heavy (non-hydrogen) atoms. The van der Waals surface area contributed by atoms with Crippen molar-refractivity contribution in [1.29, 1.82) is 0 Å². The molecule has 2 aliphatic rings. The van der Waals surface area contributed by atoms with Crippen molar-refractivity contribution >= 4 is 17.6 Å². The van der Waals surface area contributed by atoms with Gasteiger partial charge in [-0.2, -0.15) is 0 Å². The molecule has 3 heterocycles. The molecular formula is C22H29N5O3. The van der Waals surface area contributed by atoms with Gasteiger partial charge in [-0.25, -0.2) is 9.78 Å². The van der Waals surface area contributed by atoms with Gasteiger partial charge >= 0.3 is 6.03 Å². The summed E-state index contributed by atoms with van der Waals surface area (Å²) in [6, 6.07) is 7.68. The van der Waals surface area contributed by atoms with Gasteiger partial charge in [0.05, 0.1) is 6.54 Å². The van der Waals surface area contributed by atoms with Crippen molar-refractivity contribution in [3.63, 3.8) is 0 Å². The molecule has 2 N–H and O–H groups in total. The number of anilines is 1. The molecule has 8 heteroatoms. The van der Waals surface area contributed by atoms with Gasteiger partial charge in [-0.15, -0.1) is 0 Å². The molecule has 1 unspecified atom stereocenters. The first-order valence-corrected chi connectivity index (χ1v) is 10.5. The second kappa shape index (κ2) is 8.10. The van der Waals surface area contributed by atoms with Gasteiger partial charge in [-0.1, -0.05) is 12.1 Å². The minimum atomic E-state index is -0.652. The molecule has 1 aromatic heterocycles. The fourth-order valence-corrected chi connectivity index (χ4v) is 4.25. The highest BCUT2D eigenvalue weighted by Gasteiger charge is 2.47. The smallest absolute Gasteiger partial charge is 0.321 e. The zero-order chi connectivity index (χ0) is 21.3. The fraction of sp³-hybridized carbons (Fsp3) is 0.500. The standard InChI is InChI=1S/C22H29N5O3/c1-15(2)24-19(28)18-14-27-12-9-23-20(27)22(30-18)7-10-26(11-8-22)21(29)25-17-6-4-5-16(3)13-17/h4-6,9,12-13,15,18H,7-8,10-11,14H2,1-3H3,(H,24,28)(H,25,29). The van der Waals surface area contributed by atoms with Crippen LogP contribution < -0.4 is 10.6 Å². The molecule has 1 spiro atoms. The van der Waals surface area contributed by atoms with Crippen LogP contribution in [0.5, 0.6) is 0 Å². The highest BCUT2D eigenvalue weighted by molar-refractivity contribution is 5.89. The van der Waals surface area contributed by atoms with E-state index in [2.05, 4.69) is 15.6 Å². The molecule has 4 rings (SSSR count). The first-order chi connectivity index (χ1) is 14.4. The molecule has 8 nitrogen and oxygen atoms in total. The van der Waals surface area contributed by atoms with E-state index >= 15 is 0 Å². The lowest BCUT2D eigenvalue weighted by atomic mass is 9.88. The van der Waals surface area contributed by atoms with Gasteiger partial charge in [0.2, 0.25) is 0 Å². The Balaban J connectivity index is 1.45. The summed E-state index contributed by atoms with van der Waals surface area (Å²) in [5, 5.41) is 5.91. The van der Waals surface area contributed by atoms with E-state index in [1.54, 1.807) is 11.1 Å². The molecule has 3 amide bonds. The number of piperidine rings is 1. The van der Waals surface area contributed by atoms with Gasteiger partial charge in [0, 0.05) is 50.1 Å². The zero-order valence-corrected chi connectivity index (χ0v) is 17.7. The average molecular weight is 412 g/mol. The van der Waals surface area contributed by atoms with E-state index in [9.17, 15) is 9.59 Å². The minimum Gasteiger partial charge on any atom is -0.352 e. The highest BCUT2D eigenvalue weighted by atomic mass is 16.5. The second-order valence-electron chi connectivity index (χ2n) is 8.45. The third-order valence-electron chi connectivity index (χ3n) is 5.70. The quantitative estimate of drug-likeness (QED) is 0.813. The molecule has 0 saturated carbocycles. The van der Waals surface area contributed by atoms with Crippen molar-refractivity contribution in [3.05, 3.63) is 48.0 Å². The van der Waals surface area contributed by atoms with Crippen molar-refractivity contribution < 1.29 is 14.3 Å². The Kier molecular flexibility index (Phi) is 5.51. The Morgan fingerprint density at radius 3 is 2.73 bits per heavy atom. The van der Waals surface area contributed by atoms with E-state index in [4.69, 9.17) is 4.74 Å². The van der Waals surface area contributed by atoms with Crippen LogP contribution in [-0.4, -0.2) is 51.6 Å². The number of carbonyl (C=O) groups excluding carboxylic acids is 2. The van der Waals surface area contributed by atoms with Crippen LogP contribution >= 0.6 is 0 Å². The first-order valence-electron chi connectivity index (χ1n) is 10.5. The number of imidazole rings is 1. The zero-order valence-electron chi connectivity index (χ0n) is 17.7. The van der Waals surface area contributed by atoms with E-state index in [-0.39, 0.29) is 18.0 Å². The number of ether oxygens (including phenoxy) is 1. The molecular weight excluding hydrogens is 382 g/mol. The molecule has 0 aliphatic carbocycles. The number of rotatable bonds is 3. The highest BCUT2D eigenvalue weighted by Crippen LogP contribution is 2.40. The number of aryl methyl sites for hydroxylation is 1. The summed E-state index contributed by atoms with van der Waals surface area (Å²) in [6.45, 7) is 7.38. The summed E-state index contributed by atoms with van der Waals surface area (Å²) in [4.78, 5) is 31.7. The maximum Gasteiger partial charge on any atom is 0.321 e. The first kappa shape index (κ1) is 20.4. The van der Waals surface area contributed by atoms with Crippen molar-refractivity contribution in [2.24, 2.45) is 0 Å². The number of fused-ring (bicyclic) bond motifs is 2. The Labute approximate surface area is 176 Å². The summed E-state index contributed by atoms with van der Waals surface area (Å²) in [6.07, 6.45) is 4.27. The van der Waals surface area contributed by atoms with Crippen molar-refractivity contribution in [3.8, 4) is 0 Å². The molecule has 0 bridgehead atoms. The predicted molar refractivity (Wildman–Crippen MR) is 113 cm³/mol. The van der Waals surface area contributed by atoms with E-state index in [1.807, 2.05) is 55.8 Å². The average Bonchev–Trinajstić information content (AvgIpc) is 3.18. The third-order valence-corrected chi connectivity index (χ3v) is 5.70. The minimum absolute atomic E-state index is 0.0494. The summed E-state index contributed by atoms with van der Waals surface area (Å²) >= 11 is 0. The lowest BCUT2D eigenvalue weighted by Crippen LogP contribution is -2.55. The molecule has 1 aromatic carbocycles. The van der Waals surface area contributed by atoms with E-state index in [0.717, 1.165) is 17.1 Å². The number of aromatic nitrogens is 2. The van der Waals surface area contributed by atoms with Crippen molar-refractivity contribution in [1.82, 2.24) is 19.8 Å². The third kappa shape index (κ3) is 4.05. The molecule has 1 atom stereocenters.